The number of aliphatic carboxylic acids is 1. The van der Waals surface area contributed by atoms with Gasteiger partial charge in [-0.15, -0.1) is 0 Å². The molecule has 27 heavy (non-hydrogen) atoms. The zero-order valence-electron chi connectivity index (χ0n) is 15.4. The highest BCUT2D eigenvalue weighted by atomic mass is 16.4. The zero-order chi connectivity index (χ0) is 20.4. The highest BCUT2D eigenvalue weighted by Crippen LogP contribution is 2.12. The number of benzene rings is 1. The highest BCUT2D eigenvalue weighted by Gasteiger charge is 2.26. The van der Waals surface area contributed by atoms with Crippen LogP contribution in [-0.2, 0) is 20.8 Å². The van der Waals surface area contributed by atoms with Crippen LogP contribution in [0.3, 0.4) is 0 Å². The number of phenols is 1. The Morgan fingerprint density at radius 1 is 1.07 bits per heavy atom. The molecule has 0 aromatic heterocycles. The summed E-state index contributed by atoms with van der Waals surface area (Å²) in [6.45, 7) is 1.84. The number of amides is 2. The van der Waals surface area contributed by atoms with Crippen LogP contribution in [0.2, 0.25) is 0 Å². The number of aromatic hydroxyl groups is 1. The first-order chi connectivity index (χ1) is 12.7. The minimum Gasteiger partial charge on any atom is -0.508 e. The van der Waals surface area contributed by atoms with Crippen LogP contribution in [0.15, 0.2) is 24.3 Å². The Hall–Kier alpha value is -2.65. The molecule has 1 aromatic rings. The molecule has 8 N–H and O–H groups in total. The van der Waals surface area contributed by atoms with Crippen LogP contribution in [0.4, 0.5) is 0 Å². The van der Waals surface area contributed by atoms with Crippen LogP contribution in [0, 0.1) is 0 Å². The van der Waals surface area contributed by atoms with E-state index in [1.54, 1.807) is 12.1 Å². The molecule has 9 nitrogen and oxygen atoms in total. The fraction of sp³-hybridized carbons (Fsp3) is 0.500. The first kappa shape index (κ1) is 22.4. The molecular formula is C18H28N4O5. The molecule has 1 rings (SSSR count). The van der Waals surface area contributed by atoms with E-state index in [9.17, 15) is 19.5 Å². The van der Waals surface area contributed by atoms with Gasteiger partial charge in [0.25, 0.3) is 0 Å². The second-order valence-corrected chi connectivity index (χ2v) is 6.39. The van der Waals surface area contributed by atoms with E-state index in [1.807, 2.05) is 0 Å². The SMILES string of the molecule is C[C@H](NC(=O)[C@H](Cc1ccc(O)cc1)NC(=O)[C@@H](N)CCCCN)C(=O)O. The van der Waals surface area contributed by atoms with Gasteiger partial charge in [-0.25, -0.2) is 0 Å². The number of carboxylic acids is 1. The molecule has 2 amide bonds. The average Bonchev–Trinajstić information content (AvgIpc) is 2.62. The molecule has 1 aromatic carbocycles. The lowest BCUT2D eigenvalue weighted by atomic mass is 10.0. The largest absolute Gasteiger partial charge is 0.508 e. The summed E-state index contributed by atoms with van der Waals surface area (Å²) in [5.74, 6) is -2.23. The number of carbonyl (C=O) groups is 3. The Kier molecular flexibility index (Phi) is 9.24. The number of unbranched alkanes of at least 4 members (excludes halogenated alkanes) is 1. The number of hydrogen-bond donors (Lipinski definition) is 6. The number of phenolic OH excluding ortho intramolecular Hbond substituents is 1. The molecule has 0 bridgehead atoms. The van der Waals surface area contributed by atoms with E-state index in [4.69, 9.17) is 16.6 Å². The molecule has 0 saturated heterocycles. The Labute approximate surface area is 158 Å². The minimum absolute atomic E-state index is 0.0743. The topological polar surface area (TPSA) is 168 Å². The summed E-state index contributed by atoms with van der Waals surface area (Å²) in [4.78, 5) is 35.7. The van der Waals surface area contributed by atoms with Crippen molar-refractivity contribution < 1.29 is 24.6 Å². The molecule has 0 saturated carbocycles. The van der Waals surface area contributed by atoms with Gasteiger partial charge in [0.15, 0.2) is 0 Å². The maximum absolute atomic E-state index is 12.5. The quantitative estimate of drug-likeness (QED) is 0.280. The summed E-state index contributed by atoms with van der Waals surface area (Å²) in [7, 11) is 0. The van der Waals surface area contributed by atoms with Gasteiger partial charge >= 0.3 is 5.97 Å². The predicted molar refractivity (Wildman–Crippen MR) is 99.9 cm³/mol. The van der Waals surface area contributed by atoms with Gasteiger partial charge in [-0.2, -0.15) is 0 Å². The van der Waals surface area contributed by atoms with Gasteiger partial charge in [0, 0.05) is 6.42 Å². The van der Waals surface area contributed by atoms with E-state index in [0.29, 0.717) is 24.9 Å². The Morgan fingerprint density at radius 3 is 2.26 bits per heavy atom. The van der Waals surface area contributed by atoms with E-state index in [-0.39, 0.29) is 12.2 Å². The Morgan fingerprint density at radius 2 is 1.70 bits per heavy atom. The normalized spacial score (nSPS) is 14.0. The van der Waals surface area contributed by atoms with Crippen LogP contribution < -0.4 is 22.1 Å². The monoisotopic (exact) mass is 380 g/mol. The summed E-state index contributed by atoms with van der Waals surface area (Å²) in [6, 6.07) is 3.27. The molecule has 0 aliphatic carbocycles. The van der Waals surface area contributed by atoms with E-state index in [0.717, 1.165) is 6.42 Å². The van der Waals surface area contributed by atoms with Crippen LogP contribution in [-0.4, -0.2) is 52.7 Å². The second kappa shape index (κ2) is 11.1. The van der Waals surface area contributed by atoms with E-state index >= 15 is 0 Å². The molecule has 0 heterocycles. The molecule has 0 radical (unpaired) electrons. The third-order valence-corrected chi connectivity index (χ3v) is 4.04. The van der Waals surface area contributed by atoms with Crippen molar-refractivity contribution in [2.45, 2.75) is 50.7 Å². The number of hydrogen-bond acceptors (Lipinski definition) is 6. The van der Waals surface area contributed by atoms with Crippen molar-refractivity contribution in [3.05, 3.63) is 29.8 Å². The predicted octanol–water partition coefficient (Wildman–Crippen LogP) is -0.535. The molecular weight excluding hydrogens is 352 g/mol. The number of nitrogens with one attached hydrogen (secondary N) is 2. The second-order valence-electron chi connectivity index (χ2n) is 6.39. The first-order valence-electron chi connectivity index (χ1n) is 8.81. The third kappa shape index (κ3) is 8.06. The number of rotatable bonds is 11. The van der Waals surface area contributed by atoms with Gasteiger partial charge in [-0.3, -0.25) is 14.4 Å². The standard InChI is InChI=1S/C18H28N4O5/c1-11(18(26)27)21-17(25)15(10-12-5-7-13(23)8-6-12)22-16(24)14(20)4-2-3-9-19/h5-8,11,14-15,23H,2-4,9-10,19-20H2,1H3,(H,21,25)(H,22,24)(H,26,27)/t11-,14-,15-/m0/s1. The van der Waals surface area contributed by atoms with Gasteiger partial charge < -0.3 is 32.3 Å². The van der Waals surface area contributed by atoms with Gasteiger partial charge in [0.05, 0.1) is 6.04 Å². The molecule has 0 fully saturated rings. The van der Waals surface area contributed by atoms with Crippen LogP contribution in [0.25, 0.3) is 0 Å². The molecule has 9 heteroatoms. The molecule has 3 atom stereocenters. The van der Waals surface area contributed by atoms with E-state index < -0.39 is 35.9 Å². The summed E-state index contributed by atoms with van der Waals surface area (Å²) in [5, 5.41) is 23.3. The van der Waals surface area contributed by atoms with Crippen LogP contribution in [0.1, 0.15) is 31.7 Å². The van der Waals surface area contributed by atoms with Gasteiger partial charge in [-0.1, -0.05) is 18.6 Å². The van der Waals surface area contributed by atoms with Crippen LogP contribution >= 0.6 is 0 Å². The third-order valence-electron chi connectivity index (χ3n) is 4.04. The smallest absolute Gasteiger partial charge is 0.325 e. The summed E-state index contributed by atoms with van der Waals surface area (Å²) < 4.78 is 0. The van der Waals surface area contributed by atoms with Crippen molar-refractivity contribution in [1.29, 1.82) is 0 Å². The van der Waals surface area contributed by atoms with Crippen molar-refractivity contribution >= 4 is 17.8 Å². The van der Waals surface area contributed by atoms with Crippen LogP contribution in [0.5, 0.6) is 5.75 Å². The zero-order valence-corrected chi connectivity index (χ0v) is 15.4. The number of carboxylic acid groups (broad SMARTS) is 1. The molecule has 0 aliphatic heterocycles. The summed E-state index contributed by atoms with van der Waals surface area (Å²) in [5.41, 5.74) is 12.0. The molecule has 0 unspecified atom stereocenters. The first-order valence-corrected chi connectivity index (χ1v) is 8.81. The Balaban J connectivity index is 2.82. The van der Waals surface area contributed by atoms with Gasteiger partial charge in [-0.05, 0) is 44.0 Å². The number of carbonyl (C=O) groups excluding carboxylic acids is 2. The van der Waals surface area contributed by atoms with E-state index in [1.165, 1.54) is 19.1 Å². The van der Waals surface area contributed by atoms with Crippen molar-refractivity contribution in [1.82, 2.24) is 10.6 Å². The molecule has 0 aliphatic rings. The molecule has 0 spiro atoms. The summed E-state index contributed by atoms with van der Waals surface area (Å²) in [6.07, 6.45) is 1.99. The van der Waals surface area contributed by atoms with Gasteiger partial charge in [0.1, 0.15) is 17.8 Å². The fourth-order valence-electron chi connectivity index (χ4n) is 2.37. The van der Waals surface area contributed by atoms with Crippen molar-refractivity contribution in [2.75, 3.05) is 6.54 Å². The fourth-order valence-corrected chi connectivity index (χ4v) is 2.37. The van der Waals surface area contributed by atoms with E-state index in [2.05, 4.69) is 10.6 Å². The Bertz CT molecular complexity index is 635. The maximum atomic E-state index is 12.5. The van der Waals surface area contributed by atoms with Crippen molar-refractivity contribution in [3.63, 3.8) is 0 Å². The minimum atomic E-state index is -1.18. The molecule has 150 valence electrons. The maximum Gasteiger partial charge on any atom is 0.325 e. The van der Waals surface area contributed by atoms with Crippen molar-refractivity contribution in [2.24, 2.45) is 11.5 Å². The lowest BCUT2D eigenvalue weighted by Gasteiger charge is -2.22. The summed E-state index contributed by atoms with van der Waals surface area (Å²) >= 11 is 0. The lowest BCUT2D eigenvalue weighted by molar-refractivity contribution is -0.141. The van der Waals surface area contributed by atoms with Gasteiger partial charge in [0.2, 0.25) is 11.8 Å². The average molecular weight is 380 g/mol. The van der Waals surface area contributed by atoms with Crippen molar-refractivity contribution in [3.8, 4) is 5.75 Å². The number of nitrogens with two attached hydrogens (primary N) is 2. The lowest BCUT2D eigenvalue weighted by Crippen LogP contribution is -2.54. The highest BCUT2D eigenvalue weighted by molar-refractivity contribution is 5.91.